The lowest BCUT2D eigenvalue weighted by atomic mass is 10.2. The predicted molar refractivity (Wildman–Crippen MR) is 71.7 cm³/mol. The van der Waals surface area contributed by atoms with Crippen molar-refractivity contribution < 1.29 is 12.8 Å². The molecule has 0 spiro atoms. The van der Waals surface area contributed by atoms with Crippen molar-refractivity contribution in [2.45, 2.75) is 17.4 Å². The summed E-state index contributed by atoms with van der Waals surface area (Å²) in [6.07, 6.45) is 0.781. The molecule has 0 aliphatic carbocycles. The van der Waals surface area contributed by atoms with Crippen molar-refractivity contribution in [2.24, 2.45) is 0 Å². The van der Waals surface area contributed by atoms with E-state index in [-0.39, 0.29) is 16.6 Å². The minimum atomic E-state index is -3.63. The number of rotatable bonds is 3. The molecule has 19 heavy (non-hydrogen) atoms. The minimum Gasteiger partial charge on any atom is -0.396 e. The summed E-state index contributed by atoms with van der Waals surface area (Å²) < 4.78 is 39.5. The van der Waals surface area contributed by atoms with Crippen LogP contribution in [0.1, 0.15) is 6.42 Å². The van der Waals surface area contributed by atoms with Gasteiger partial charge in [-0.3, -0.25) is 0 Å². The van der Waals surface area contributed by atoms with Crippen LogP contribution in [-0.4, -0.2) is 50.8 Å². The Labute approximate surface area is 112 Å². The van der Waals surface area contributed by atoms with E-state index in [2.05, 4.69) is 0 Å². The van der Waals surface area contributed by atoms with E-state index in [1.165, 1.54) is 16.4 Å². The molecule has 0 aromatic heterocycles. The van der Waals surface area contributed by atoms with Crippen LogP contribution in [0.2, 0.25) is 0 Å². The fourth-order valence-electron chi connectivity index (χ4n) is 2.17. The van der Waals surface area contributed by atoms with Gasteiger partial charge in [-0.25, -0.2) is 12.8 Å². The zero-order valence-electron chi connectivity index (χ0n) is 11.0. The van der Waals surface area contributed by atoms with Crippen LogP contribution >= 0.6 is 0 Å². The van der Waals surface area contributed by atoms with Crippen molar-refractivity contribution in [1.29, 1.82) is 0 Å². The van der Waals surface area contributed by atoms with Gasteiger partial charge in [0, 0.05) is 19.1 Å². The van der Waals surface area contributed by atoms with E-state index in [1.54, 1.807) is 0 Å². The van der Waals surface area contributed by atoms with E-state index in [9.17, 15) is 12.8 Å². The summed E-state index contributed by atoms with van der Waals surface area (Å²) in [5.74, 6) is -0.704. The molecule has 106 valence electrons. The third-order valence-electron chi connectivity index (χ3n) is 3.47. The van der Waals surface area contributed by atoms with Gasteiger partial charge in [-0.1, -0.05) is 0 Å². The van der Waals surface area contributed by atoms with Crippen molar-refractivity contribution in [3.63, 3.8) is 0 Å². The van der Waals surface area contributed by atoms with Crippen LogP contribution in [0.15, 0.2) is 23.1 Å². The molecule has 1 saturated heterocycles. The number of hydrogen-bond donors (Lipinski definition) is 1. The fraction of sp³-hybridized carbons (Fsp3) is 0.500. The summed E-state index contributed by atoms with van der Waals surface area (Å²) in [5.41, 5.74) is 5.31. The Balaban J connectivity index is 2.26. The highest BCUT2D eigenvalue weighted by molar-refractivity contribution is 7.89. The molecule has 0 radical (unpaired) electrons. The van der Waals surface area contributed by atoms with Gasteiger partial charge in [0.05, 0.1) is 10.6 Å². The first-order chi connectivity index (χ1) is 8.82. The van der Waals surface area contributed by atoms with Gasteiger partial charge in [0.2, 0.25) is 10.0 Å². The molecule has 5 nitrogen and oxygen atoms in total. The van der Waals surface area contributed by atoms with E-state index >= 15 is 0 Å². The first kappa shape index (κ1) is 14.2. The monoisotopic (exact) mass is 287 g/mol. The molecule has 1 heterocycles. The lowest BCUT2D eigenvalue weighted by molar-refractivity contribution is 0.302. The summed E-state index contributed by atoms with van der Waals surface area (Å²) in [7, 11) is 0.207. The molecule has 0 saturated carbocycles. The number of halogens is 1. The first-order valence-electron chi connectivity index (χ1n) is 6.04. The molecule has 1 atom stereocenters. The van der Waals surface area contributed by atoms with E-state index in [0.717, 1.165) is 12.5 Å². The second kappa shape index (κ2) is 5.07. The standard InChI is InChI=1S/C12H18FN3O2S/c1-15(2)9-5-6-16(8-9)19(17,18)10-3-4-12(14)11(13)7-10/h3-4,7,9H,5-6,8,14H2,1-2H3. The molecule has 1 aliphatic rings. The maximum atomic E-state index is 13.4. The Morgan fingerprint density at radius 3 is 2.63 bits per heavy atom. The Kier molecular flexibility index (Phi) is 3.80. The number of nitrogens with zero attached hydrogens (tertiary/aromatic N) is 2. The topological polar surface area (TPSA) is 66.6 Å². The molecule has 1 fully saturated rings. The number of nitrogen functional groups attached to an aromatic ring is 1. The largest absolute Gasteiger partial charge is 0.396 e. The van der Waals surface area contributed by atoms with Gasteiger partial charge in [-0.2, -0.15) is 4.31 Å². The molecular formula is C12H18FN3O2S. The number of likely N-dealkylation sites (N-methyl/N-ethyl adjacent to an activating group) is 1. The molecule has 1 aliphatic heterocycles. The smallest absolute Gasteiger partial charge is 0.243 e. The molecule has 0 amide bonds. The lowest BCUT2D eigenvalue weighted by Gasteiger charge is -2.20. The number of hydrogen-bond acceptors (Lipinski definition) is 4. The van der Waals surface area contributed by atoms with E-state index < -0.39 is 15.8 Å². The van der Waals surface area contributed by atoms with Gasteiger partial charge >= 0.3 is 0 Å². The molecule has 1 unspecified atom stereocenters. The van der Waals surface area contributed by atoms with Crippen molar-refractivity contribution in [1.82, 2.24) is 9.21 Å². The second-order valence-corrected chi connectivity index (χ2v) is 6.89. The summed E-state index contributed by atoms with van der Waals surface area (Å²) in [6.45, 7) is 0.887. The normalized spacial score (nSPS) is 21.2. The predicted octanol–water partition coefficient (Wildman–Crippen LogP) is 0.732. The minimum absolute atomic E-state index is 0.0430. The van der Waals surface area contributed by atoms with Gasteiger partial charge in [-0.15, -0.1) is 0 Å². The molecule has 1 aromatic carbocycles. The molecule has 2 N–H and O–H groups in total. The SMILES string of the molecule is CN(C)C1CCN(S(=O)(=O)c2ccc(N)c(F)c2)C1. The number of sulfonamides is 1. The van der Waals surface area contributed by atoms with Crippen molar-refractivity contribution in [3.8, 4) is 0 Å². The molecule has 1 aromatic rings. The van der Waals surface area contributed by atoms with Crippen molar-refractivity contribution in [2.75, 3.05) is 32.9 Å². The van der Waals surface area contributed by atoms with E-state index in [0.29, 0.717) is 13.1 Å². The quantitative estimate of drug-likeness (QED) is 0.832. The fourth-order valence-corrected chi connectivity index (χ4v) is 3.67. The maximum absolute atomic E-state index is 13.4. The summed E-state index contributed by atoms with van der Waals surface area (Å²) in [4.78, 5) is 1.96. The van der Waals surface area contributed by atoms with Crippen molar-refractivity contribution >= 4 is 15.7 Å². The van der Waals surface area contributed by atoms with Crippen LogP contribution in [0.4, 0.5) is 10.1 Å². The summed E-state index contributed by atoms with van der Waals surface area (Å²) >= 11 is 0. The highest BCUT2D eigenvalue weighted by Crippen LogP contribution is 2.24. The van der Waals surface area contributed by atoms with Gasteiger partial charge in [0.25, 0.3) is 0 Å². The Hall–Kier alpha value is -1.18. The van der Waals surface area contributed by atoms with Gasteiger partial charge in [0.15, 0.2) is 0 Å². The maximum Gasteiger partial charge on any atom is 0.243 e. The average Bonchev–Trinajstić information content (AvgIpc) is 2.82. The van der Waals surface area contributed by atoms with Crippen LogP contribution in [0.3, 0.4) is 0 Å². The Morgan fingerprint density at radius 2 is 2.11 bits per heavy atom. The van der Waals surface area contributed by atoms with Crippen LogP contribution in [0.25, 0.3) is 0 Å². The van der Waals surface area contributed by atoms with Gasteiger partial charge in [0.1, 0.15) is 5.82 Å². The zero-order chi connectivity index (χ0) is 14.2. The number of anilines is 1. The van der Waals surface area contributed by atoms with Crippen LogP contribution in [0, 0.1) is 5.82 Å². The third kappa shape index (κ3) is 2.72. The number of nitrogens with two attached hydrogens (primary N) is 1. The molecule has 7 heteroatoms. The Morgan fingerprint density at radius 1 is 1.42 bits per heavy atom. The summed E-state index contributed by atoms with van der Waals surface area (Å²) in [5, 5.41) is 0. The van der Waals surface area contributed by atoms with E-state index in [1.807, 2.05) is 19.0 Å². The first-order valence-corrected chi connectivity index (χ1v) is 7.48. The number of benzene rings is 1. The van der Waals surface area contributed by atoms with Crippen LogP contribution in [0.5, 0.6) is 0 Å². The second-order valence-electron chi connectivity index (χ2n) is 4.95. The van der Waals surface area contributed by atoms with Gasteiger partial charge in [-0.05, 0) is 38.7 Å². The highest BCUT2D eigenvalue weighted by Gasteiger charge is 2.33. The molecule has 0 bridgehead atoms. The van der Waals surface area contributed by atoms with Crippen LogP contribution < -0.4 is 5.73 Å². The van der Waals surface area contributed by atoms with Crippen molar-refractivity contribution in [3.05, 3.63) is 24.0 Å². The lowest BCUT2D eigenvalue weighted by Crippen LogP contribution is -2.34. The third-order valence-corrected chi connectivity index (χ3v) is 5.33. The summed E-state index contributed by atoms with van der Waals surface area (Å²) in [6, 6.07) is 3.81. The average molecular weight is 287 g/mol. The van der Waals surface area contributed by atoms with E-state index in [4.69, 9.17) is 5.73 Å². The Bertz CT molecular complexity index is 574. The molecular weight excluding hydrogens is 269 g/mol. The zero-order valence-corrected chi connectivity index (χ0v) is 11.8. The highest BCUT2D eigenvalue weighted by atomic mass is 32.2. The molecule has 2 rings (SSSR count). The van der Waals surface area contributed by atoms with Gasteiger partial charge < -0.3 is 10.6 Å². The van der Waals surface area contributed by atoms with Crippen LogP contribution in [-0.2, 0) is 10.0 Å².